The van der Waals surface area contributed by atoms with Crippen molar-refractivity contribution in [3.8, 4) is 11.4 Å². The van der Waals surface area contributed by atoms with Gasteiger partial charge < -0.3 is 9.13 Å². The number of unbranched alkanes of at least 4 members (excludes halogenated alkanes) is 6. The smallest absolute Gasteiger partial charge is 0.0562 e. The first kappa shape index (κ1) is 31.7. The third-order valence-corrected chi connectivity index (χ3v) is 10.9. The van der Waals surface area contributed by atoms with Gasteiger partial charge in [-0.2, -0.15) is 0 Å². The van der Waals surface area contributed by atoms with E-state index >= 15 is 0 Å². The van der Waals surface area contributed by atoms with Gasteiger partial charge in [0.2, 0.25) is 0 Å². The highest BCUT2D eigenvalue weighted by Gasteiger charge is 2.19. The lowest BCUT2D eigenvalue weighted by Crippen LogP contribution is -1.97. The van der Waals surface area contributed by atoms with E-state index in [1.54, 1.807) is 0 Å². The van der Waals surface area contributed by atoms with Crippen LogP contribution in [0.1, 0.15) is 76.3 Å². The number of hydrogen-bond acceptors (Lipinski definition) is 0. The molecule has 0 atom stereocenters. The van der Waals surface area contributed by atoms with Gasteiger partial charge in [-0.1, -0.05) is 76.6 Å². The molecule has 2 aromatic heterocycles. The largest absolute Gasteiger partial charge is 0.309 e. The fourth-order valence-corrected chi connectivity index (χ4v) is 8.15. The van der Waals surface area contributed by atoms with Crippen molar-refractivity contribution in [3.05, 3.63) is 115 Å². The zero-order chi connectivity index (χ0) is 31.6. The molecule has 0 saturated heterocycles. The van der Waals surface area contributed by atoms with Gasteiger partial charge in [-0.05, 0) is 155 Å². The van der Waals surface area contributed by atoms with E-state index in [4.69, 9.17) is 0 Å². The van der Waals surface area contributed by atoms with Crippen molar-refractivity contribution in [2.24, 2.45) is 0 Å². The Morgan fingerprint density at radius 3 is 1.24 bits per heavy atom. The summed E-state index contributed by atoms with van der Waals surface area (Å²) in [6, 6.07) is 37.4. The maximum absolute atomic E-state index is 2.48. The molecule has 0 aliphatic carbocycles. The predicted octanol–water partition coefficient (Wildman–Crippen LogP) is 13.3. The molecule has 0 amide bonds. The van der Waals surface area contributed by atoms with E-state index in [2.05, 4.69) is 165 Å². The quantitative estimate of drug-likeness (QED) is 0.0858. The Morgan fingerprint density at radius 1 is 0.413 bits per heavy atom. The van der Waals surface area contributed by atoms with Gasteiger partial charge in [-0.3, -0.25) is 0 Å². The van der Waals surface area contributed by atoms with Crippen LogP contribution in [0.3, 0.4) is 0 Å². The molecule has 2 heterocycles. The normalized spacial score (nSPS) is 11.9. The number of hydrogen-bond donors (Lipinski definition) is 0. The molecule has 234 valence electrons. The summed E-state index contributed by atoms with van der Waals surface area (Å²) in [5.74, 6) is 0. The van der Waals surface area contributed by atoms with Gasteiger partial charge in [0, 0.05) is 40.1 Å². The predicted molar refractivity (Wildman–Crippen MR) is 216 cm³/mol. The molecule has 0 radical (unpaired) electrons. The van der Waals surface area contributed by atoms with Crippen molar-refractivity contribution in [2.75, 3.05) is 0 Å². The number of rotatable bonds is 12. The van der Waals surface area contributed by atoms with Gasteiger partial charge in [-0.25, -0.2) is 0 Å². The minimum absolute atomic E-state index is 1.16. The van der Waals surface area contributed by atoms with Crippen LogP contribution in [-0.2, 0) is 12.8 Å². The molecule has 0 unspecified atom stereocenters. The van der Waals surface area contributed by atoms with Crippen molar-refractivity contribution in [3.63, 3.8) is 0 Å². The monoisotopic (exact) mass is 828 g/mol. The first-order valence-electron chi connectivity index (χ1n) is 17.1. The van der Waals surface area contributed by atoms with E-state index in [-0.39, 0.29) is 0 Å². The molecule has 2 nitrogen and oxygen atoms in total. The molecule has 0 saturated carbocycles. The Balaban J connectivity index is 1.39. The standard InChI is InChI=1S/C42H42I2N2/c1-3-5-7-9-11-29-13-19-33(20-14-29)45-39-23-17-31(43)25-35(39)37-27-38-36-26-32(44)18-24-40(36)46(42(38)28-41(37)45)34-21-15-30(16-22-34)12-10-8-6-4-2/h13-28H,3-12H2,1-2H3. The van der Waals surface area contributed by atoms with Crippen LogP contribution in [0.15, 0.2) is 97.1 Å². The maximum atomic E-state index is 2.48. The summed E-state index contributed by atoms with van der Waals surface area (Å²) < 4.78 is 7.48. The van der Waals surface area contributed by atoms with E-state index in [0.717, 1.165) is 12.8 Å². The minimum Gasteiger partial charge on any atom is -0.309 e. The van der Waals surface area contributed by atoms with Gasteiger partial charge in [0.25, 0.3) is 0 Å². The fraction of sp³-hybridized carbons (Fsp3) is 0.286. The summed E-state index contributed by atoms with van der Waals surface area (Å²) in [6.07, 6.45) is 12.7. The number of halogens is 2. The van der Waals surface area contributed by atoms with Gasteiger partial charge >= 0.3 is 0 Å². The number of benzene rings is 5. The molecule has 46 heavy (non-hydrogen) atoms. The van der Waals surface area contributed by atoms with Crippen molar-refractivity contribution in [2.45, 2.75) is 78.1 Å². The van der Waals surface area contributed by atoms with Crippen LogP contribution in [0.5, 0.6) is 0 Å². The zero-order valence-corrected chi connectivity index (χ0v) is 31.3. The average molecular weight is 829 g/mol. The second kappa shape index (κ2) is 14.1. The van der Waals surface area contributed by atoms with Gasteiger partial charge in [0.15, 0.2) is 0 Å². The zero-order valence-electron chi connectivity index (χ0n) is 27.0. The van der Waals surface area contributed by atoms with Crippen LogP contribution in [0.4, 0.5) is 0 Å². The summed E-state index contributed by atoms with van der Waals surface area (Å²) in [4.78, 5) is 0. The summed E-state index contributed by atoms with van der Waals surface area (Å²) in [6.45, 7) is 4.56. The lowest BCUT2D eigenvalue weighted by atomic mass is 10.1. The van der Waals surface area contributed by atoms with Crippen LogP contribution in [0.25, 0.3) is 55.0 Å². The average Bonchev–Trinajstić information content (AvgIpc) is 3.56. The van der Waals surface area contributed by atoms with E-state index in [1.807, 2.05) is 0 Å². The molecule has 0 aliphatic heterocycles. The Hall–Kier alpha value is -2.84. The molecule has 4 heteroatoms. The molecule has 0 N–H and O–H groups in total. The highest BCUT2D eigenvalue weighted by molar-refractivity contribution is 14.1. The van der Waals surface area contributed by atoms with Crippen molar-refractivity contribution < 1.29 is 0 Å². The first-order chi connectivity index (χ1) is 22.6. The lowest BCUT2D eigenvalue weighted by Gasteiger charge is -2.11. The third-order valence-electron chi connectivity index (χ3n) is 9.60. The molecule has 7 aromatic rings. The number of aromatic nitrogens is 2. The lowest BCUT2D eigenvalue weighted by molar-refractivity contribution is 0.667. The van der Waals surface area contributed by atoms with Gasteiger partial charge in [0.05, 0.1) is 22.1 Å². The van der Waals surface area contributed by atoms with Gasteiger partial charge in [0.1, 0.15) is 0 Å². The topological polar surface area (TPSA) is 9.86 Å². The molecule has 0 fully saturated rings. The summed E-state index contributed by atoms with van der Waals surface area (Å²) in [5.41, 5.74) is 10.3. The molecular formula is C42H42I2N2. The minimum atomic E-state index is 1.16. The summed E-state index contributed by atoms with van der Waals surface area (Å²) >= 11 is 4.91. The molecule has 0 aliphatic rings. The number of aryl methyl sites for hydroxylation is 2. The summed E-state index contributed by atoms with van der Waals surface area (Å²) in [7, 11) is 0. The molecular weight excluding hydrogens is 786 g/mol. The third kappa shape index (κ3) is 6.24. The second-order valence-electron chi connectivity index (χ2n) is 12.8. The van der Waals surface area contributed by atoms with E-state index in [1.165, 1.54) is 125 Å². The molecule has 0 spiro atoms. The highest BCUT2D eigenvalue weighted by Crippen LogP contribution is 2.40. The fourth-order valence-electron chi connectivity index (χ4n) is 7.17. The maximum Gasteiger partial charge on any atom is 0.0562 e. The number of nitrogens with zero attached hydrogens (tertiary/aromatic N) is 2. The Kier molecular flexibility index (Phi) is 9.73. The molecule has 0 bridgehead atoms. The van der Waals surface area contributed by atoms with E-state index in [9.17, 15) is 0 Å². The van der Waals surface area contributed by atoms with Crippen LogP contribution < -0.4 is 0 Å². The van der Waals surface area contributed by atoms with Crippen LogP contribution >= 0.6 is 45.2 Å². The SMILES string of the molecule is CCCCCCc1ccc(-n2c3ccc(I)cc3c3cc4c5cc(I)ccc5n(-c5ccc(CCCCCC)cc5)c4cc32)cc1. The van der Waals surface area contributed by atoms with Crippen LogP contribution in [0, 0.1) is 7.14 Å². The number of fused-ring (bicyclic) bond motifs is 6. The van der Waals surface area contributed by atoms with E-state index in [0.29, 0.717) is 0 Å². The Bertz CT molecular complexity index is 1980. The van der Waals surface area contributed by atoms with Gasteiger partial charge in [-0.15, -0.1) is 0 Å². The van der Waals surface area contributed by atoms with Crippen LogP contribution in [0.2, 0.25) is 0 Å². The van der Waals surface area contributed by atoms with Crippen LogP contribution in [-0.4, -0.2) is 9.13 Å². The van der Waals surface area contributed by atoms with Crippen molar-refractivity contribution >= 4 is 88.8 Å². The Labute approximate surface area is 300 Å². The highest BCUT2D eigenvalue weighted by atomic mass is 127. The first-order valence-corrected chi connectivity index (χ1v) is 19.3. The van der Waals surface area contributed by atoms with E-state index < -0.39 is 0 Å². The van der Waals surface area contributed by atoms with Crippen molar-refractivity contribution in [1.82, 2.24) is 9.13 Å². The second-order valence-corrected chi connectivity index (χ2v) is 15.3. The molecule has 7 rings (SSSR count). The van der Waals surface area contributed by atoms with Crippen molar-refractivity contribution in [1.29, 1.82) is 0 Å². The molecule has 5 aromatic carbocycles. The summed E-state index contributed by atoms with van der Waals surface area (Å²) in [5, 5.41) is 5.24. The Morgan fingerprint density at radius 2 is 0.826 bits per heavy atom.